The highest BCUT2D eigenvalue weighted by Gasteiger charge is 2.18. The van der Waals surface area contributed by atoms with E-state index in [1.807, 2.05) is 0 Å². The summed E-state index contributed by atoms with van der Waals surface area (Å²) in [6.45, 7) is 1.00. The predicted octanol–water partition coefficient (Wildman–Crippen LogP) is 1.76. The highest BCUT2D eigenvalue weighted by atomic mass is 32.1. The van der Waals surface area contributed by atoms with Gasteiger partial charge < -0.3 is 5.32 Å². The summed E-state index contributed by atoms with van der Waals surface area (Å²) >= 11 is 4.28. The highest BCUT2D eigenvalue weighted by Crippen LogP contribution is 2.25. The summed E-state index contributed by atoms with van der Waals surface area (Å²) in [6.07, 6.45) is 0. The van der Waals surface area contributed by atoms with E-state index in [2.05, 4.69) is 42.2 Å². The Morgan fingerprint density at radius 3 is 3.09 bits per heavy atom. The molecule has 1 heterocycles. The minimum absolute atomic E-state index is 0.467. The van der Waals surface area contributed by atoms with Crippen LogP contribution in [-0.4, -0.2) is 5.75 Å². The molecule has 2 rings (SSSR count). The van der Waals surface area contributed by atoms with Gasteiger partial charge in [-0.1, -0.05) is 24.3 Å². The van der Waals surface area contributed by atoms with Crippen molar-refractivity contribution >= 4 is 12.6 Å². The second-order valence-corrected chi connectivity index (χ2v) is 3.18. The summed E-state index contributed by atoms with van der Waals surface area (Å²) in [6, 6.07) is 8.99. The third-order valence-corrected chi connectivity index (χ3v) is 2.52. The average molecular weight is 165 g/mol. The lowest BCUT2D eigenvalue weighted by Crippen LogP contribution is -2.12. The number of fused-ring (bicyclic) bond motifs is 1. The molecule has 2 heteroatoms. The lowest BCUT2D eigenvalue weighted by atomic mass is 10.1. The van der Waals surface area contributed by atoms with Crippen LogP contribution in [0.2, 0.25) is 0 Å². The van der Waals surface area contributed by atoms with Crippen molar-refractivity contribution < 1.29 is 0 Å². The normalized spacial score (nSPS) is 21.7. The highest BCUT2D eigenvalue weighted by molar-refractivity contribution is 7.80. The monoisotopic (exact) mass is 165 g/mol. The maximum absolute atomic E-state index is 4.28. The first-order valence-corrected chi connectivity index (χ1v) is 4.47. The van der Waals surface area contributed by atoms with Gasteiger partial charge in [0.15, 0.2) is 0 Å². The van der Waals surface area contributed by atoms with Gasteiger partial charge in [0.05, 0.1) is 0 Å². The molecule has 58 valence electrons. The molecule has 1 atom stereocenters. The molecule has 1 aliphatic rings. The van der Waals surface area contributed by atoms with Crippen LogP contribution in [0.4, 0.5) is 0 Å². The summed E-state index contributed by atoms with van der Waals surface area (Å²) in [5, 5.41) is 3.40. The van der Waals surface area contributed by atoms with E-state index in [0.717, 1.165) is 12.3 Å². The molecule has 1 unspecified atom stereocenters. The van der Waals surface area contributed by atoms with E-state index in [-0.39, 0.29) is 0 Å². The molecule has 1 aromatic carbocycles. The molecular formula is C9H11NS. The van der Waals surface area contributed by atoms with Gasteiger partial charge >= 0.3 is 0 Å². The summed E-state index contributed by atoms with van der Waals surface area (Å²) in [5.74, 6) is 0.886. The molecule has 0 bridgehead atoms. The Morgan fingerprint density at radius 2 is 2.27 bits per heavy atom. The first-order valence-electron chi connectivity index (χ1n) is 3.84. The largest absolute Gasteiger partial charge is 0.305 e. The lowest BCUT2D eigenvalue weighted by Gasteiger charge is -2.06. The van der Waals surface area contributed by atoms with Gasteiger partial charge in [-0.25, -0.2) is 0 Å². The fourth-order valence-corrected chi connectivity index (χ4v) is 1.87. The number of thiol groups is 1. The molecule has 0 saturated carbocycles. The maximum Gasteiger partial charge on any atom is 0.0415 e. The molecule has 0 aromatic heterocycles. The molecule has 0 amide bonds. The van der Waals surface area contributed by atoms with Crippen molar-refractivity contribution in [3.63, 3.8) is 0 Å². The molecule has 0 saturated heterocycles. The smallest absolute Gasteiger partial charge is 0.0415 e. The Labute approximate surface area is 72.2 Å². The second kappa shape index (κ2) is 2.88. The summed E-state index contributed by atoms with van der Waals surface area (Å²) in [7, 11) is 0. The Kier molecular flexibility index (Phi) is 1.88. The van der Waals surface area contributed by atoms with Crippen LogP contribution in [-0.2, 0) is 6.54 Å². The summed E-state index contributed by atoms with van der Waals surface area (Å²) in [4.78, 5) is 0. The van der Waals surface area contributed by atoms with Gasteiger partial charge in [-0.05, 0) is 11.1 Å². The molecular weight excluding hydrogens is 154 g/mol. The first-order chi connectivity index (χ1) is 5.42. The van der Waals surface area contributed by atoms with E-state index < -0.39 is 0 Å². The van der Waals surface area contributed by atoms with Crippen LogP contribution in [0.25, 0.3) is 0 Å². The molecule has 0 fully saturated rings. The van der Waals surface area contributed by atoms with E-state index in [1.54, 1.807) is 0 Å². The van der Waals surface area contributed by atoms with Crippen molar-refractivity contribution in [2.24, 2.45) is 0 Å². The Morgan fingerprint density at radius 1 is 1.45 bits per heavy atom. The number of benzene rings is 1. The van der Waals surface area contributed by atoms with Gasteiger partial charge in [0.1, 0.15) is 0 Å². The molecule has 1 N–H and O–H groups in total. The van der Waals surface area contributed by atoms with Crippen molar-refractivity contribution in [1.29, 1.82) is 0 Å². The van der Waals surface area contributed by atoms with Crippen molar-refractivity contribution in [2.75, 3.05) is 5.75 Å². The van der Waals surface area contributed by atoms with Crippen LogP contribution in [0.15, 0.2) is 24.3 Å². The fourth-order valence-electron chi connectivity index (χ4n) is 1.54. The van der Waals surface area contributed by atoms with E-state index >= 15 is 0 Å². The van der Waals surface area contributed by atoms with Gasteiger partial charge in [0.25, 0.3) is 0 Å². The molecule has 1 nitrogen and oxygen atoms in total. The van der Waals surface area contributed by atoms with Gasteiger partial charge in [0, 0.05) is 18.3 Å². The summed E-state index contributed by atoms with van der Waals surface area (Å²) < 4.78 is 0. The van der Waals surface area contributed by atoms with Crippen LogP contribution in [0.1, 0.15) is 17.2 Å². The first kappa shape index (κ1) is 7.19. The minimum atomic E-state index is 0.467. The maximum atomic E-state index is 4.28. The van der Waals surface area contributed by atoms with E-state index in [0.29, 0.717) is 6.04 Å². The minimum Gasteiger partial charge on any atom is -0.305 e. The zero-order valence-electron chi connectivity index (χ0n) is 6.25. The topological polar surface area (TPSA) is 12.0 Å². The second-order valence-electron chi connectivity index (χ2n) is 2.81. The molecule has 1 aliphatic heterocycles. The zero-order chi connectivity index (χ0) is 7.68. The van der Waals surface area contributed by atoms with Crippen LogP contribution >= 0.6 is 12.6 Å². The molecule has 0 spiro atoms. The molecule has 1 aromatic rings. The van der Waals surface area contributed by atoms with Gasteiger partial charge in [-0.2, -0.15) is 12.6 Å². The number of hydrogen-bond donors (Lipinski definition) is 2. The van der Waals surface area contributed by atoms with Gasteiger partial charge in [-0.3, -0.25) is 0 Å². The van der Waals surface area contributed by atoms with E-state index in [9.17, 15) is 0 Å². The Balaban J connectivity index is 2.39. The van der Waals surface area contributed by atoms with Crippen LogP contribution in [0, 0.1) is 0 Å². The van der Waals surface area contributed by atoms with E-state index in [1.165, 1.54) is 11.1 Å². The van der Waals surface area contributed by atoms with Crippen LogP contribution in [0.3, 0.4) is 0 Å². The Bertz CT molecular complexity index is 259. The lowest BCUT2D eigenvalue weighted by molar-refractivity contribution is 0.643. The zero-order valence-corrected chi connectivity index (χ0v) is 7.14. The predicted molar refractivity (Wildman–Crippen MR) is 49.9 cm³/mol. The molecule has 0 radical (unpaired) electrons. The van der Waals surface area contributed by atoms with Crippen molar-refractivity contribution in [2.45, 2.75) is 12.6 Å². The third kappa shape index (κ3) is 1.17. The number of rotatable bonds is 1. The van der Waals surface area contributed by atoms with Crippen LogP contribution < -0.4 is 5.32 Å². The van der Waals surface area contributed by atoms with Gasteiger partial charge in [-0.15, -0.1) is 0 Å². The van der Waals surface area contributed by atoms with Crippen molar-refractivity contribution in [3.8, 4) is 0 Å². The Hall–Kier alpha value is -0.470. The fraction of sp³-hybridized carbons (Fsp3) is 0.333. The quantitative estimate of drug-likeness (QED) is 0.604. The standard InChI is InChI=1S/C9H11NS/c11-6-9-8-4-2-1-3-7(8)5-10-9/h1-4,9-11H,5-6H2. The van der Waals surface area contributed by atoms with Crippen LogP contribution in [0.5, 0.6) is 0 Å². The number of nitrogens with one attached hydrogen (secondary N) is 1. The third-order valence-electron chi connectivity index (χ3n) is 2.15. The average Bonchev–Trinajstić information content (AvgIpc) is 2.47. The SMILES string of the molecule is SCC1NCc2ccccc21. The molecule has 11 heavy (non-hydrogen) atoms. The number of hydrogen-bond acceptors (Lipinski definition) is 2. The van der Waals surface area contributed by atoms with Crippen molar-refractivity contribution in [3.05, 3.63) is 35.4 Å². The summed E-state index contributed by atoms with van der Waals surface area (Å²) in [5.41, 5.74) is 2.84. The van der Waals surface area contributed by atoms with Gasteiger partial charge in [0.2, 0.25) is 0 Å². The molecule has 0 aliphatic carbocycles. The van der Waals surface area contributed by atoms with Crippen molar-refractivity contribution in [1.82, 2.24) is 5.32 Å². The van der Waals surface area contributed by atoms with E-state index in [4.69, 9.17) is 0 Å².